The van der Waals surface area contributed by atoms with E-state index in [0.29, 0.717) is 19.5 Å². The fraction of sp³-hybridized carbons (Fsp3) is 0.500. The average Bonchev–Trinajstić information content (AvgIpc) is 2.48. The first kappa shape index (κ1) is 16.5. The maximum absolute atomic E-state index is 11.9. The second-order valence-corrected chi connectivity index (χ2v) is 5.90. The number of β-amino-alcohol motifs (C(OH)–C–C–N with tert-alkyl or cyclic N) is 1. The molecular formula is C18H24N2O2. The Morgan fingerprint density at radius 3 is 2.91 bits per heavy atom. The predicted octanol–water partition coefficient (Wildman–Crippen LogP) is 1.54. The van der Waals surface area contributed by atoms with Crippen molar-refractivity contribution in [1.82, 2.24) is 10.2 Å². The number of amides is 1. The van der Waals surface area contributed by atoms with Gasteiger partial charge in [0.2, 0.25) is 5.91 Å². The zero-order chi connectivity index (χ0) is 15.8. The Hall–Kier alpha value is -1.83. The number of likely N-dealkylation sites (tertiary alicyclic amines) is 1. The van der Waals surface area contributed by atoms with E-state index in [0.717, 1.165) is 19.5 Å². The van der Waals surface area contributed by atoms with Gasteiger partial charge in [-0.1, -0.05) is 36.3 Å². The van der Waals surface area contributed by atoms with E-state index in [-0.39, 0.29) is 12.3 Å². The minimum absolute atomic E-state index is 0.133. The van der Waals surface area contributed by atoms with Crippen molar-refractivity contribution in [2.24, 2.45) is 0 Å². The van der Waals surface area contributed by atoms with Crippen LogP contribution in [0, 0.1) is 11.8 Å². The number of piperidine rings is 1. The van der Waals surface area contributed by atoms with E-state index in [1.807, 2.05) is 18.2 Å². The van der Waals surface area contributed by atoms with E-state index in [2.05, 4.69) is 34.2 Å². The molecule has 1 aliphatic heterocycles. The molecule has 0 aliphatic carbocycles. The van der Waals surface area contributed by atoms with Crippen molar-refractivity contribution in [3.63, 3.8) is 0 Å². The van der Waals surface area contributed by atoms with Crippen LogP contribution in [0.2, 0.25) is 0 Å². The van der Waals surface area contributed by atoms with Gasteiger partial charge in [0.1, 0.15) is 0 Å². The van der Waals surface area contributed by atoms with E-state index in [4.69, 9.17) is 0 Å². The molecule has 2 N–H and O–H groups in total. The van der Waals surface area contributed by atoms with Crippen LogP contribution >= 0.6 is 0 Å². The van der Waals surface area contributed by atoms with Gasteiger partial charge in [-0.3, -0.25) is 9.69 Å². The summed E-state index contributed by atoms with van der Waals surface area (Å²) in [5, 5.41) is 13.4. The van der Waals surface area contributed by atoms with E-state index < -0.39 is 5.60 Å². The van der Waals surface area contributed by atoms with Gasteiger partial charge in [-0.2, -0.15) is 0 Å². The normalized spacial score (nSPS) is 21.7. The van der Waals surface area contributed by atoms with Crippen LogP contribution in [0.4, 0.5) is 0 Å². The molecule has 1 amide bonds. The van der Waals surface area contributed by atoms with Crippen molar-refractivity contribution in [2.75, 3.05) is 19.6 Å². The van der Waals surface area contributed by atoms with Crippen molar-refractivity contribution >= 4 is 5.91 Å². The summed E-state index contributed by atoms with van der Waals surface area (Å²) in [5.74, 6) is 5.40. The number of nitrogens with one attached hydrogen (secondary N) is 1. The number of hydrogen-bond acceptors (Lipinski definition) is 3. The molecule has 1 heterocycles. The average molecular weight is 300 g/mol. The monoisotopic (exact) mass is 300 g/mol. The molecule has 1 saturated heterocycles. The van der Waals surface area contributed by atoms with Crippen LogP contribution in [-0.2, 0) is 11.3 Å². The van der Waals surface area contributed by atoms with E-state index >= 15 is 0 Å². The van der Waals surface area contributed by atoms with Gasteiger partial charge in [0.25, 0.3) is 0 Å². The summed E-state index contributed by atoms with van der Waals surface area (Å²) in [5.41, 5.74) is 0.297. The Kier molecular flexibility index (Phi) is 6.00. The minimum Gasteiger partial charge on any atom is -0.388 e. The fourth-order valence-electron chi connectivity index (χ4n) is 2.92. The molecule has 4 nitrogen and oxygen atoms in total. The predicted molar refractivity (Wildman–Crippen MR) is 87.0 cm³/mol. The van der Waals surface area contributed by atoms with Crippen molar-refractivity contribution in [1.29, 1.82) is 0 Å². The van der Waals surface area contributed by atoms with Gasteiger partial charge in [0, 0.05) is 13.1 Å². The molecule has 1 aliphatic rings. The van der Waals surface area contributed by atoms with Crippen LogP contribution in [0.25, 0.3) is 0 Å². The van der Waals surface area contributed by atoms with Crippen molar-refractivity contribution < 1.29 is 9.90 Å². The summed E-state index contributed by atoms with van der Waals surface area (Å²) in [6.07, 6.45) is 1.72. The molecule has 2 rings (SSSR count). The molecular weight excluding hydrogens is 276 g/mol. The Labute approximate surface area is 132 Å². The second kappa shape index (κ2) is 7.98. The first-order valence-corrected chi connectivity index (χ1v) is 7.76. The third kappa shape index (κ3) is 5.18. The maximum Gasteiger partial charge on any atom is 0.223 e. The topological polar surface area (TPSA) is 52.6 Å². The third-order valence-electron chi connectivity index (χ3n) is 3.92. The lowest BCUT2D eigenvalue weighted by Crippen LogP contribution is -2.50. The molecule has 0 bridgehead atoms. The summed E-state index contributed by atoms with van der Waals surface area (Å²) in [4.78, 5) is 14.1. The molecule has 1 fully saturated rings. The van der Waals surface area contributed by atoms with E-state index in [1.54, 1.807) is 6.92 Å². The van der Waals surface area contributed by atoms with Crippen LogP contribution in [0.5, 0.6) is 0 Å². The first-order chi connectivity index (χ1) is 10.6. The summed E-state index contributed by atoms with van der Waals surface area (Å²) in [7, 11) is 0. The Bertz CT molecular complexity index is 547. The number of benzene rings is 1. The van der Waals surface area contributed by atoms with Gasteiger partial charge in [0.15, 0.2) is 0 Å². The molecule has 0 spiro atoms. The summed E-state index contributed by atoms with van der Waals surface area (Å²) < 4.78 is 0. The van der Waals surface area contributed by atoms with Crippen molar-refractivity contribution in [2.45, 2.75) is 38.3 Å². The lowest BCUT2D eigenvalue weighted by atomic mass is 9.89. The third-order valence-corrected chi connectivity index (χ3v) is 3.92. The largest absolute Gasteiger partial charge is 0.388 e. The summed E-state index contributed by atoms with van der Waals surface area (Å²) in [6, 6.07) is 10.2. The Morgan fingerprint density at radius 2 is 2.18 bits per heavy atom. The van der Waals surface area contributed by atoms with E-state index in [9.17, 15) is 9.90 Å². The van der Waals surface area contributed by atoms with Gasteiger partial charge in [0.05, 0.1) is 18.6 Å². The number of rotatable bonds is 5. The van der Waals surface area contributed by atoms with Crippen LogP contribution in [0.1, 0.15) is 31.7 Å². The number of nitrogens with zero attached hydrogens (tertiary/aromatic N) is 1. The highest BCUT2D eigenvalue weighted by Crippen LogP contribution is 2.25. The molecule has 0 radical (unpaired) electrons. The standard InChI is InChI=1S/C18H24N2O2/c1-2-3-11-19-17(21)13-18(22)10-7-12-20(15-18)14-16-8-5-4-6-9-16/h4-6,8-9,22H,7,10-15H2,1H3,(H,19,21). The summed E-state index contributed by atoms with van der Waals surface area (Å²) >= 11 is 0. The molecule has 22 heavy (non-hydrogen) atoms. The minimum atomic E-state index is -0.934. The van der Waals surface area contributed by atoms with Gasteiger partial charge < -0.3 is 10.4 Å². The Morgan fingerprint density at radius 1 is 1.41 bits per heavy atom. The highest BCUT2D eigenvalue weighted by Gasteiger charge is 2.35. The number of carbonyl (C=O) groups excluding carboxylic acids is 1. The van der Waals surface area contributed by atoms with Crippen LogP contribution in [-0.4, -0.2) is 41.1 Å². The zero-order valence-corrected chi connectivity index (χ0v) is 13.1. The Balaban J connectivity index is 1.87. The molecule has 1 aromatic carbocycles. The molecule has 118 valence electrons. The molecule has 4 heteroatoms. The van der Waals surface area contributed by atoms with Crippen LogP contribution in [0.15, 0.2) is 30.3 Å². The lowest BCUT2D eigenvalue weighted by molar-refractivity contribution is -0.128. The number of carbonyl (C=O) groups is 1. The van der Waals surface area contributed by atoms with E-state index in [1.165, 1.54) is 5.56 Å². The SMILES string of the molecule is CC#CCNC(=O)CC1(O)CCCN(Cc2ccccc2)C1. The molecule has 1 unspecified atom stereocenters. The number of aliphatic hydroxyl groups is 1. The summed E-state index contributed by atoms with van der Waals surface area (Å²) in [6.45, 7) is 4.39. The molecule has 0 aromatic heterocycles. The maximum atomic E-state index is 11.9. The van der Waals surface area contributed by atoms with Gasteiger partial charge >= 0.3 is 0 Å². The van der Waals surface area contributed by atoms with Crippen LogP contribution < -0.4 is 5.32 Å². The number of hydrogen-bond donors (Lipinski definition) is 2. The quantitative estimate of drug-likeness (QED) is 0.811. The first-order valence-electron chi connectivity index (χ1n) is 7.76. The van der Waals surface area contributed by atoms with Gasteiger partial charge in [-0.25, -0.2) is 0 Å². The zero-order valence-electron chi connectivity index (χ0n) is 13.1. The lowest BCUT2D eigenvalue weighted by Gasteiger charge is -2.39. The van der Waals surface area contributed by atoms with Crippen molar-refractivity contribution in [3.8, 4) is 11.8 Å². The fourth-order valence-corrected chi connectivity index (χ4v) is 2.92. The second-order valence-electron chi connectivity index (χ2n) is 5.90. The molecule has 1 aromatic rings. The van der Waals surface area contributed by atoms with Gasteiger partial charge in [-0.05, 0) is 31.9 Å². The highest BCUT2D eigenvalue weighted by molar-refractivity contribution is 5.77. The smallest absolute Gasteiger partial charge is 0.223 e. The van der Waals surface area contributed by atoms with Crippen LogP contribution in [0.3, 0.4) is 0 Å². The highest BCUT2D eigenvalue weighted by atomic mass is 16.3. The van der Waals surface area contributed by atoms with Crippen molar-refractivity contribution in [3.05, 3.63) is 35.9 Å². The molecule has 0 saturated carbocycles. The molecule has 1 atom stereocenters. The van der Waals surface area contributed by atoms with Gasteiger partial charge in [-0.15, -0.1) is 5.92 Å².